The topological polar surface area (TPSA) is 52.6 Å². The van der Waals surface area contributed by atoms with E-state index in [4.69, 9.17) is 23.2 Å². The highest BCUT2D eigenvalue weighted by Gasteiger charge is 2.49. The number of halogens is 8. The van der Waals surface area contributed by atoms with E-state index in [-0.39, 0.29) is 21.2 Å². The molecule has 0 saturated heterocycles. The molecule has 0 aliphatic carbocycles. The van der Waals surface area contributed by atoms with E-state index in [9.17, 15) is 35.9 Å². The average Bonchev–Trinajstić information content (AvgIpc) is 2.81. The molecular weight excluding hydrogens is 537 g/mol. The predicted octanol–water partition coefficient (Wildman–Crippen LogP) is 7.94. The lowest BCUT2D eigenvalue weighted by atomic mass is 9.80. The quantitative estimate of drug-likeness (QED) is 0.244. The molecule has 0 radical (unpaired) electrons. The maximum Gasteiger partial charge on any atom is 0.417 e. The number of ether oxygens (including phenoxy) is 2. The third-order valence-corrected chi connectivity index (χ3v) is 5.62. The van der Waals surface area contributed by atoms with Gasteiger partial charge >= 0.3 is 24.3 Å². The summed E-state index contributed by atoms with van der Waals surface area (Å²) in [6, 6.07) is 8.92. The minimum Gasteiger partial charge on any atom is -0.465 e. The van der Waals surface area contributed by atoms with Gasteiger partial charge in [0, 0.05) is 21.2 Å². The molecule has 0 amide bonds. The van der Waals surface area contributed by atoms with Crippen molar-refractivity contribution < 1.29 is 45.4 Å². The molecule has 0 aliphatic rings. The zero-order valence-electron chi connectivity index (χ0n) is 18.3. The van der Waals surface area contributed by atoms with Gasteiger partial charge < -0.3 is 9.47 Å². The Morgan fingerprint density at radius 3 is 1.11 bits per heavy atom. The van der Waals surface area contributed by atoms with Crippen LogP contribution < -0.4 is 0 Å². The molecule has 0 atom stereocenters. The molecule has 0 heterocycles. The first kappa shape index (κ1) is 27.3. The van der Waals surface area contributed by atoms with Crippen LogP contribution in [0.25, 0.3) is 22.3 Å². The Morgan fingerprint density at radius 1 is 0.611 bits per heavy atom. The van der Waals surface area contributed by atoms with Crippen LogP contribution in [0.15, 0.2) is 48.5 Å². The molecule has 0 saturated carbocycles. The van der Waals surface area contributed by atoms with Crippen molar-refractivity contribution in [2.24, 2.45) is 0 Å². The van der Waals surface area contributed by atoms with Gasteiger partial charge in [0.05, 0.1) is 36.5 Å². The first-order valence-electron chi connectivity index (χ1n) is 9.79. The fourth-order valence-corrected chi connectivity index (χ4v) is 3.99. The monoisotopic (exact) mass is 550 g/mol. The molecule has 0 fully saturated rings. The van der Waals surface area contributed by atoms with E-state index < -0.39 is 57.7 Å². The average molecular weight is 551 g/mol. The van der Waals surface area contributed by atoms with Crippen molar-refractivity contribution in [1.29, 1.82) is 0 Å². The van der Waals surface area contributed by atoms with Crippen LogP contribution in [-0.2, 0) is 21.8 Å². The SMILES string of the molecule is COC(=O)c1c(C(=O)OC)c(C(F)(F)F)c(-c2ccc(Cl)cc2)c(-c2ccc(Cl)cc2)c1C(F)(F)F. The van der Waals surface area contributed by atoms with E-state index in [0.717, 1.165) is 24.3 Å². The summed E-state index contributed by atoms with van der Waals surface area (Å²) >= 11 is 11.7. The fourth-order valence-electron chi connectivity index (χ4n) is 3.74. The Labute approximate surface area is 210 Å². The second-order valence-corrected chi connectivity index (χ2v) is 8.12. The molecule has 190 valence electrons. The maximum atomic E-state index is 14.6. The molecular formula is C24H14Cl2F6O4. The summed E-state index contributed by atoms with van der Waals surface area (Å²) < 4.78 is 96.5. The maximum absolute atomic E-state index is 14.6. The first-order chi connectivity index (χ1) is 16.7. The van der Waals surface area contributed by atoms with Gasteiger partial charge in [0.2, 0.25) is 0 Å². The number of esters is 2. The van der Waals surface area contributed by atoms with Crippen molar-refractivity contribution >= 4 is 35.1 Å². The second kappa shape index (κ2) is 10.0. The van der Waals surface area contributed by atoms with Crippen molar-refractivity contribution in [3.63, 3.8) is 0 Å². The first-order valence-corrected chi connectivity index (χ1v) is 10.5. The zero-order valence-corrected chi connectivity index (χ0v) is 19.8. The van der Waals surface area contributed by atoms with E-state index in [1.54, 1.807) is 0 Å². The summed E-state index contributed by atoms with van der Waals surface area (Å²) in [6.45, 7) is 0. The van der Waals surface area contributed by atoms with Crippen LogP contribution in [0.5, 0.6) is 0 Å². The summed E-state index contributed by atoms with van der Waals surface area (Å²) in [6.07, 6.45) is -10.8. The largest absolute Gasteiger partial charge is 0.465 e. The summed E-state index contributed by atoms with van der Waals surface area (Å²) in [5.74, 6) is -3.63. The van der Waals surface area contributed by atoms with Gasteiger partial charge in [-0.1, -0.05) is 47.5 Å². The van der Waals surface area contributed by atoms with E-state index >= 15 is 0 Å². The molecule has 4 nitrogen and oxygen atoms in total. The number of rotatable bonds is 4. The highest BCUT2D eigenvalue weighted by Crippen LogP contribution is 2.52. The van der Waals surface area contributed by atoms with Gasteiger partial charge in [0.1, 0.15) is 0 Å². The van der Waals surface area contributed by atoms with Gasteiger partial charge in [-0.25, -0.2) is 9.59 Å². The van der Waals surface area contributed by atoms with Crippen molar-refractivity contribution in [3.05, 3.63) is 80.8 Å². The summed E-state index contributed by atoms with van der Waals surface area (Å²) in [4.78, 5) is 25.2. The van der Waals surface area contributed by atoms with Gasteiger partial charge in [-0.3, -0.25) is 0 Å². The van der Waals surface area contributed by atoms with Crippen LogP contribution in [0.4, 0.5) is 26.3 Å². The molecule has 3 aromatic rings. The minimum atomic E-state index is -5.42. The molecule has 0 aliphatic heterocycles. The van der Waals surface area contributed by atoms with Gasteiger partial charge in [-0.15, -0.1) is 0 Å². The number of hydrogen-bond acceptors (Lipinski definition) is 4. The predicted molar refractivity (Wildman–Crippen MR) is 120 cm³/mol. The van der Waals surface area contributed by atoms with Crippen molar-refractivity contribution in [3.8, 4) is 22.3 Å². The van der Waals surface area contributed by atoms with Crippen molar-refractivity contribution in [2.45, 2.75) is 12.4 Å². The Balaban J connectivity index is 2.80. The molecule has 0 bridgehead atoms. The summed E-state index contributed by atoms with van der Waals surface area (Å²) in [7, 11) is 1.34. The van der Waals surface area contributed by atoms with Gasteiger partial charge in [-0.05, 0) is 35.4 Å². The highest BCUT2D eigenvalue weighted by molar-refractivity contribution is 6.31. The number of carbonyl (C=O) groups excluding carboxylic acids is 2. The minimum absolute atomic E-state index is 0.0933. The standard InChI is InChI=1S/C24H14Cl2F6O4/c1-35-21(33)17-18(22(34)36-2)20(24(30,31)32)16(12-5-9-14(26)10-6-12)15(19(17)23(27,28)29)11-3-7-13(25)8-4-11/h3-10H,1-2H3. The van der Waals surface area contributed by atoms with Crippen LogP contribution in [0.3, 0.4) is 0 Å². The third kappa shape index (κ3) is 5.15. The lowest BCUT2D eigenvalue weighted by Crippen LogP contribution is -2.26. The molecule has 3 rings (SSSR count). The summed E-state index contributed by atoms with van der Waals surface area (Å²) in [5, 5.41) is 0.187. The lowest BCUT2D eigenvalue weighted by Gasteiger charge is -2.27. The zero-order chi connectivity index (χ0) is 27.0. The number of benzene rings is 3. The Kier molecular flexibility index (Phi) is 7.61. The van der Waals surface area contributed by atoms with E-state index in [1.165, 1.54) is 24.3 Å². The Hall–Kier alpha value is -3.24. The molecule has 36 heavy (non-hydrogen) atoms. The summed E-state index contributed by atoms with van der Waals surface area (Å²) in [5.41, 5.74) is -9.63. The molecule has 0 N–H and O–H groups in total. The van der Waals surface area contributed by atoms with Gasteiger partial charge in [0.15, 0.2) is 0 Å². The number of hydrogen-bond donors (Lipinski definition) is 0. The molecule has 0 spiro atoms. The lowest BCUT2D eigenvalue weighted by molar-refractivity contribution is -0.141. The van der Waals surface area contributed by atoms with Crippen LogP contribution in [0.2, 0.25) is 10.0 Å². The van der Waals surface area contributed by atoms with Crippen LogP contribution in [-0.4, -0.2) is 26.2 Å². The Morgan fingerprint density at radius 2 is 0.889 bits per heavy atom. The third-order valence-electron chi connectivity index (χ3n) is 5.11. The molecule has 12 heteroatoms. The Bertz CT molecular complexity index is 1210. The van der Waals surface area contributed by atoms with Crippen LogP contribution in [0.1, 0.15) is 31.8 Å². The normalized spacial score (nSPS) is 11.8. The van der Waals surface area contributed by atoms with Crippen molar-refractivity contribution in [2.75, 3.05) is 14.2 Å². The van der Waals surface area contributed by atoms with Crippen LogP contribution >= 0.6 is 23.2 Å². The number of alkyl halides is 6. The second-order valence-electron chi connectivity index (χ2n) is 7.24. The number of carbonyl (C=O) groups is 2. The number of methoxy groups -OCH3 is 2. The van der Waals surface area contributed by atoms with Gasteiger partial charge in [-0.2, -0.15) is 26.3 Å². The van der Waals surface area contributed by atoms with E-state index in [1.807, 2.05) is 0 Å². The van der Waals surface area contributed by atoms with Crippen LogP contribution in [0, 0.1) is 0 Å². The fraction of sp³-hybridized carbons (Fsp3) is 0.167. The van der Waals surface area contributed by atoms with Gasteiger partial charge in [0.25, 0.3) is 0 Å². The van der Waals surface area contributed by atoms with E-state index in [2.05, 4.69) is 9.47 Å². The molecule has 0 unspecified atom stereocenters. The highest BCUT2D eigenvalue weighted by atomic mass is 35.5. The molecule has 0 aromatic heterocycles. The van der Waals surface area contributed by atoms with E-state index in [0.29, 0.717) is 14.2 Å². The molecule has 3 aromatic carbocycles. The van der Waals surface area contributed by atoms with Crippen molar-refractivity contribution in [1.82, 2.24) is 0 Å². The smallest absolute Gasteiger partial charge is 0.417 e.